The number of hydrogen-bond acceptors (Lipinski definition) is 3. The summed E-state index contributed by atoms with van der Waals surface area (Å²) in [5.74, 6) is 0.319. The van der Waals surface area contributed by atoms with Crippen LogP contribution in [-0.2, 0) is 16.0 Å². The highest BCUT2D eigenvalue weighted by Gasteiger charge is 2.32. The second-order valence-electron chi connectivity index (χ2n) is 6.83. The highest BCUT2D eigenvalue weighted by Crippen LogP contribution is 2.25. The van der Waals surface area contributed by atoms with Gasteiger partial charge in [-0.1, -0.05) is 30.3 Å². The van der Waals surface area contributed by atoms with E-state index in [2.05, 4.69) is 41.0 Å². The van der Waals surface area contributed by atoms with Gasteiger partial charge in [0.25, 0.3) is 0 Å². The predicted octanol–water partition coefficient (Wildman–Crippen LogP) is 4.02. The number of hydrogen-bond donors (Lipinski definition) is 0. The molecular formula is C21H22NO3. The number of benzene rings is 2. The molecule has 0 amide bonds. The van der Waals surface area contributed by atoms with Gasteiger partial charge in [0.2, 0.25) is 0 Å². The molecule has 0 spiro atoms. The van der Waals surface area contributed by atoms with Gasteiger partial charge in [0.05, 0.1) is 12.1 Å². The summed E-state index contributed by atoms with van der Waals surface area (Å²) in [4.78, 5) is 0. The van der Waals surface area contributed by atoms with Crippen LogP contribution in [-0.4, -0.2) is 29.7 Å². The summed E-state index contributed by atoms with van der Waals surface area (Å²) in [7, 11) is 0. The van der Waals surface area contributed by atoms with E-state index in [1.54, 1.807) is 0 Å². The summed E-state index contributed by atoms with van der Waals surface area (Å²) in [6.07, 6.45) is 1.96. The zero-order valence-corrected chi connectivity index (χ0v) is 14.6. The monoisotopic (exact) mass is 336 g/mol. The predicted molar refractivity (Wildman–Crippen MR) is 96.7 cm³/mol. The summed E-state index contributed by atoms with van der Waals surface area (Å²) in [5, 5.41) is 1.09. The van der Waals surface area contributed by atoms with Crippen LogP contribution >= 0.6 is 0 Å². The standard InChI is InChI=1S/C21H22NO3/c1-21(2)24-15-19(25-21)14-23-18-9-8-17-10-11-22(20(17)12-18)13-16-6-4-3-5-7-16/h3-9,11-12,19H,13-15H2,1-2H3. The van der Waals surface area contributed by atoms with E-state index in [9.17, 15) is 0 Å². The Labute approximate surface area is 147 Å². The minimum atomic E-state index is -0.517. The zero-order chi connectivity index (χ0) is 17.3. The average Bonchev–Trinajstić information content (AvgIpc) is 3.17. The summed E-state index contributed by atoms with van der Waals surface area (Å²) in [5.41, 5.74) is 2.38. The molecule has 0 bridgehead atoms. The molecule has 1 unspecified atom stereocenters. The van der Waals surface area contributed by atoms with Crippen molar-refractivity contribution in [1.82, 2.24) is 4.57 Å². The maximum atomic E-state index is 5.93. The van der Waals surface area contributed by atoms with Crippen LogP contribution < -0.4 is 4.74 Å². The van der Waals surface area contributed by atoms with Gasteiger partial charge in [-0.25, -0.2) is 0 Å². The van der Waals surface area contributed by atoms with Crippen molar-refractivity contribution in [3.05, 3.63) is 66.4 Å². The Morgan fingerprint density at radius 1 is 1.20 bits per heavy atom. The number of nitrogens with zero attached hydrogens (tertiary/aromatic N) is 1. The van der Waals surface area contributed by atoms with Crippen molar-refractivity contribution in [1.29, 1.82) is 0 Å². The lowest BCUT2D eigenvalue weighted by Crippen LogP contribution is -2.25. The van der Waals surface area contributed by atoms with Gasteiger partial charge in [0.1, 0.15) is 18.5 Å². The third kappa shape index (κ3) is 3.70. The Balaban J connectivity index is 1.48. The topological polar surface area (TPSA) is 32.6 Å². The van der Waals surface area contributed by atoms with Crippen LogP contribution in [0.2, 0.25) is 0 Å². The number of fused-ring (bicyclic) bond motifs is 1. The van der Waals surface area contributed by atoms with E-state index in [0.717, 1.165) is 23.2 Å². The molecule has 0 N–H and O–H groups in total. The molecule has 3 aromatic rings. The van der Waals surface area contributed by atoms with Gasteiger partial charge in [0, 0.05) is 30.3 Å². The molecule has 1 aromatic heterocycles. The number of ether oxygens (including phenoxy) is 3. The highest BCUT2D eigenvalue weighted by molar-refractivity contribution is 5.81. The maximum absolute atomic E-state index is 5.93. The minimum absolute atomic E-state index is 0.0339. The molecule has 0 saturated carbocycles. The lowest BCUT2D eigenvalue weighted by atomic mass is 10.2. The smallest absolute Gasteiger partial charge is 0.163 e. The van der Waals surface area contributed by atoms with Crippen molar-refractivity contribution >= 4 is 10.9 Å². The third-order valence-electron chi connectivity index (χ3n) is 4.35. The van der Waals surface area contributed by atoms with Gasteiger partial charge in [-0.05, 0) is 31.5 Å². The Morgan fingerprint density at radius 3 is 2.80 bits per heavy atom. The van der Waals surface area contributed by atoms with Gasteiger partial charge in [-0.15, -0.1) is 0 Å². The lowest BCUT2D eigenvalue weighted by Gasteiger charge is -2.17. The van der Waals surface area contributed by atoms with Crippen LogP contribution in [0.4, 0.5) is 0 Å². The van der Waals surface area contributed by atoms with Crippen LogP contribution in [0, 0.1) is 6.07 Å². The summed E-state index contributed by atoms with van der Waals surface area (Å²) in [6, 6.07) is 19.8. The van der Waals surface area contributed by atoms with Crippen LogP contribution in [0.5, 0.6) is 5.75 Å². The highest BCUT2D eigenvalue weighted by atomic mass is 16.7. The Hall–Kier alpha value is -2.30. The van der Waals surface area contributed by atoms with Gasteiger partial charge in [-0.2, -0.15) is 0 Å². The molecule has 0 aliphatic carbocycles. The molecule has 1 fully saturated rings. The molecule has 2 heterocycles. The minimum Gasteiger partial charge on any atom is -0.491 e. The Bertz CT molecular complexity index is 854. The molecule has 1 atom stereocenters. The van der Waals surface area contributed by atoms with Gasteiger partial charge >= 0.3 is 0 Å². The largest absolute Gasteiger partial charge is 0.491 e. The van der Waals surface area contributed by atoms with E-state index >= 15 is 0 Å². The van der Waals surface area contributed by atoms with Crippen molar-refractivity contribution in [2.75, 3.05) is 13.2 Å². The molecule has 4 heteroatoms. The van der Waals surface area contributed by atoms with Gasteiger partial charge in [-0.3, -0.25) is 0 Å². The molecule has 2 aromatic carbocycles. The normalized spacial score (nSPS) is 19.4. The van der Waals surface area contributed by atoms with Crippen molar-refractivity contribution in [2.24, 2.45) is 0 Å². The van der Waals surface area contributed by atoms with E-state index in [1.807, 2.05) is 38.2 Å². The Kier molecular flexibility index (Phi) is 4.24. The first-order chi connectivity index (χ1) is 12.1. The summed E-state index contributed by atoms with van der Waals surface area (Å²) < 4.78 is 19.5. The average molecular weight is 336 g/mol. The molecule has 1 aliphatic heterocycles. The zero-order valence-electron chi connectivity index (χ0n) is 14.6. The van der Waals surface area contributed by atoms with Crippen LogP contribution in [0.3, 0.4) is 0 Å². The van der Waals surface area contributed by atoms with Crippen molar-refractivity contribution in [2.45, 2.75) is 32.3 Å². The van der Waals surface area contributed by atoms with E-state index in [0.29, 0.717) is 13.2 Å². The van der Waals surface area contributed by atoms with Crippen LogP contribution in [0.1, 0.15) is 19.4 Å². The van der Waals surface area contributed by atoms with Gasteiger partial charge in [0.15, 0.2) is 5.79 Å². The van der Waals surface area contributed by atoms with E-state index in [-0.39, 0.29) is 6.10 Å². The first-order valence-corrected chi connectivity index (χ1v) is 8.58. The first kappa shape index (κ1) is 16.2. The molecule has 25 heavy (non-hydrogen) atoms. The maximum Gasteiger partial charge on any atom is 0.163 e. The van der Waals surface area contributed by atoms with Crippen molar-refractivity contribution in [3.63, 3.8) is 0 Å². The van der Waals surface area contributed by atoms with E-state index in [4.69, 9.17) is 14.2 Å². The molecule has 1 saturated heterocycles. The molecule has 1 radical (unpaired) electrons. The molecule has 1 aliphatic rings. The second-order valence-corrected chi connectivity index (χ2v) is 6.83. The quantitative estimate of drug-likeness (QED) is 0.705. The first-order valence-electron chi connectivity index (χ1n) is 8.58. The lowest BCUT2D eigenvalue weighted by molar-refractivity contribution is -0.141. The molecule has 129 valence electrons. The fourth-order valence-electron chi connectivity index (χ4n) is 3.12. The Morgan fingerprint density at radius 2 is 2.04 bits per heavy atom. The van der Waals surface area contributed by atoms with E-state index < -0.39 is 5.79 Å². The molecular weight excluding hydrogens is 314 g/mol. The third-order valence-corrected chi connectivity index (χ3v) is 4.35. The SMILES string of the molecule is CC1(C)OCC(COc2ccc3[c]cn(Cc4ccccc4)c3c2)O1. The van der Waals surface area contributed by atoms with Gasteiger partial charge < -0.3 is 18.8 Å². The van der Waals surface area contributed by atoms with E-state index in [1.165, 1.54) is 5.56 Å². The summed E-state index contributed by atoms with van der Waals surface area (Å²) in [6.45, 7) is 5.71. The number of rotatable bonds is 5. The fraction of sp³-hybridized carbons (Fsp3) is 0.333. The van der Waals surface area contributed by atoms with Crippen molar-refractivity contribution in [3.8, 4) is 5.75 Å². The molecule has 4 nitrogen and oxygen atoms in total. The van der Waals surface area contributed by atoms with Crippen molar-refractivity contribution < 1.29 is 14.2 Å². The molecule has 4 rings (SSSR count). The number of aromatic nitrogens is 1. The summed E-state index contributed by atoms with van der Waals surface area (Å²) >= 11 is 0. The van der Waals surface area contributed by atoms with Crippen LogP contribution in [0.25, 0.3) is 10.9 Å². The second kappa shape index (κ2) is 6.54. The fourth-order valence-corrected chi connectivity index (χ4v) is 3.12. The van der Waals surface area contributed by atoms with Crippen LogP contribution in [0.15, 0.2) is 54.7 Å².